The van der Waals surface area contributed by atoms with Crippen molar-refractivity contribution in [2.24, 2.45) is 0 Å². The van der Waals surface area contributed by atoms with Gasteiger partial charge in [0.25, 0.3) is 0 Å². The summed E-state index contributed by atoms with van der Waals surface area (Å²) in [4.78, 5) is 2.30. The van der Waals surface area contributed by atoms with Crippen LogP contribution in [0.2, 0.25) is 0 Å². The second-order valence-electron chi connectivity index (χ2n) is 5.87. The first kappa shape index (κ1) is 16.5. The molecule has 7 heteroatoms. The molecule has 6 nitrogen and oxygen atoms in total. The molecule has 1 aromatic heterocycles. The number of piperazine rings is 1. The van der Waals surface area contributed by atoms with Crippen LogP contribution in [0.25, 0.3) is 0 Å². The van der Waals surface area contributed by atoms with E-state index in [0.29, 0.717) is 30.2 Å². The predicted molar refractivity (Wildman–Crippen MR) is 79.6 cm³/mol. The Balaban J connectivity index is 2.44. The van der Waals surface area contributed by atoms with E-state index in [0.717, 1.165) is 0 Å². The average molecular weight is 316 g/mol. The van der Waals surface area contributed by atoms with Gasteiger partial charge in [-0.3, -0.25) is 4.90 Å². The average Bonchev–Trinajstić information content (AvgIpc) is 2.69. The summed E-state index contributed by atoms with van der Waals surface area (Å²) >= 11 is 0. The zero-order chi connectivity index (χ0) is 15.9. The van der Waals surface area contributed by atoms with Crippen molar-refractivity contribution in [3.63, 3.8) is 0 Å². The maximum absolute atomic E-state index is 12.9. The summed E-state index contributed by atoms with van der Waals surface area (Å²) in [6, 6.07) is 0.295. The molecule has 2 atom stereocenters. The summed E-state index contributed by atoms with van der Waals surface area (Å²) in [5.41, 5.74) is 0.367. The van der Waals surface area contributed by atoms with Gasteiger partial charge < -0.3 is 9.52 Å². The van der Waals surface area contributed by atoms with Crippen LogP contribution in [-0.4, -0.2) is 55.0 Å². The molecular weight excluding hydrogens is 292 g/mol. The maximum Gasteiger partial charge on any atom is 0.247 e. The number of rotatable bonds is 3. The van der Waals surface area contributed by atoms with E-state index in [1.165, 1.54) is 4.31 Å². The number of hydrogen-bond donors (Lipinski definition) is 1. The normalized spacial score (nSPS) is 25.4. The fourth-order valence-corrected chi connectivity index (χ4v) is 4.92. The summed E-state index contributed by atoms with van der Waals surface area (Å²) in [5, 5.41) is 9.47. The number of aliphatic hydroxyl groups is 1. The number of likely N-dealkylation sites (N-methyl/N-ethyl adjacent to an activating group) is 1. The van der Waals surface area contributed by atoms with Gasteiger partial charge in [0.2, 0.25) is 10.0 Å². The third kappa shape index (κ3) is 2.75. The Labute approximate surface area is 126 Å². The minimum atomic E-state index is -3.65. The number of aliphatic hydroxyl groups excluding tert-OH is 1. The number of hydrogen-bond acceptors (Lipinski definition) is 5. The Kier molecular flexibility index (Phi) is 4.49. The molecule has 1 fully saturated rings. The molecule has 2 rings (SSSR count). The third-order valence-electron chi connectivity index (χ3n) is 4.41. The van der Waals surface area contributed by atoms with Crippen LogP contribution in [0.5, 0.6) is 0 Å². The minimum absolute atomic E-state index is 0.131. The molecule has 21 heavy (non-hydrogen) atoms. The lowest BCUT2D eigenvalue weighted by Gasteiger charge is -2.41. The zero-order valence-electron chi connectivity index (χ0n) is 13.3. The Morgan fingerprint density at radius 3 is 2.19 bits per heavy atom. The van der Waals surface area contributed by atoms with E-state index in [9.17, 15) is 13.5 Å². The van der Waals surface area contributed by atoms with Crippen molar-refractivity contribution in [1.29, 1.82) is 0 Å². The van der Waals surface area contributed by atoms with Crippen molar-refractivity contribution in [1.82, 2.24) is 9.21 Å². The van der Waals surface area contributed by atoms with Gasteiger partial charge in [0.15, 0.2) is 0 Å². The Morgan fingerprint density at radius 2 is 1.71 bits per heavy atom. The predicted octanol–water partition coefficient (Wildman–Crippen LogP) is 1.10. The quantitative estimate of drug-likeness (QED) is 0.904. The summed E-state index contributed by atoms with van der Waals surface area (Å²) in [5.74, 6) is 0.805. The summed E-state index contributed by atoms with van der Waals surface area (Å²) in [6.45, 7) is 7.87. The standard InChI is InChI=1S/C14H24N2O4S/c1-9-6-16(7-10(2)15(9)5)21(18,19)14-12(4)20-11(3)13(14)8-17/h9-10,17H,6-8H2,1-5H3. The van der Waals surface area contributed by atoms with Crippen molar-refractivity contribution in [2.75, 3.05) is 20.1 Å². The lowest BCUT2D eigenvalue weighted by Crippen LogP contribution is -2.56. The van der Waals surface area contributed by atoms with Crippen molar-refractivity contribution < 1.29 is 17.9 Å². The van der Waals surface area contributed by atoms with Crippen LogP contribution >= 0.6 is 0 Å². The van der Waals surface area contributed by atoms with Gasteiger partial charge in [-0.05, 0) is 34.7 Å². The van der Waals surface area contributed by atoms with Gasteiger partial charge in [0.1, 0.15) is 16.4 Å². The Hall–Kier alpha value is -0.890. The van der Waals surface area contributed by atoms with Crippen LogP contribution in [0, 0.1) is 13.8 Å². The number of nitrogens with zero attached hydrogens (tertiary/aromatic N) is 2. The van der Waals surface area contributed by atoms with E-state index in [2.05, 4.69) is 4.90 Å². The van der Waals surface area contributed by atoms with Gasteiger partial charge >= 0.3 is 0 Å². The lowest BCUT2D eigenvalue weighted by molar-refractivity contribution is 0.105. The van der Waals surface area contributed by atoms with Crippen molar-refractivity contribution in [2.45, 2.75) is 51.3 Å². The monoisotopic (exact) mass is 316 g/mol. The molecule has 1 aromatic rings. The van der Waals surface area contributed by atoms with E-state index in [1.54, 1.807) is 13.8 Å². The van der Waals surface area contributed by atoms with E-state index in [1.807, 2.05) is 20.9 Å². The van der Waals surface area contributed by atoms with Crippen molar-refractivity contribution in [3.8, 4) is 0 Å². The Morgan fingerprint density at radius 1 is 1.19 bits per heavy atom. The highest BCUT2D eigenvalue weighted by Crippen LogP contribution is 2.31. The second kappa shape index (κ2) is 5.72. The van der Waals surface area contributed by atoms with Crippen LogP contribution in [0.3, 0.4) is 0 Å². The smallest absolute Gasteiger partial charge is 0.247 e. The minimum Gasteiger partial charge on any atom is -0.465 e. The zero-order valence-corrected chi connectivity index (χ0v) is 14.1. The third-order valence-corrected chi connectivity index (χ3v) is 6.43. The number of aryl methyl sites for hydroxylation is 2. The van der Waals surface area contributed by atoms with Crippen molar-refractivity contribution >= 4 is 10.0 Å². The van der Waals surface area contributed by atoms with E-state index in [-0.39, 0.29) is 23.6 Å². The largest absolute Gasteiger partial charge is 0.465 e. The summed E-state index contributed by atoms with van der Waals surface area (Å²) < 4.78 is 32.8. The lowest BCUT2D eigenvalue weighted by atomic mass is 10.1. The first-order valence-corrected chi connectivity index (χ1v) is 8.56. The molecule has 1 N–H and O–H groups in total. The molecule has 1 aliphatic rings. The molecule has 0 bridgehead atoms. The van der Waals surface area contributed by atoms with E-state index in [4.69, 9.17) is 4.42 Å². The molecule has 0 aliphatic carbocycles. The van der Waals surface area contributed by atoms with Crippen molar-refractivity contribution in [3.05, 3.63) is 17.1 Å². The van der Waals surface area contributed by atoms with Gasteiger partial charge in [0.05, 0.1) is 6.61 Å². The number of furan rings is 1. The highest BCUT2D eigenvalue weighted by molar-refractivity contribution is 7.89. The molecule has 2 unspecified atom stereocenters. The van der Waals surface area contributed by atoms with Gasteiger partial charge in [0, 0.05) is 30.7 Å². The molecule has 120 valence electrons. The van der Waals surface area contributed by atoms with Crippen LogP contribution in [0.4, 0.5) is 0 Å². The van der Waals surface area contributed by atoms with E-state index >= 15 is 0 Å². The van der Waals surface area contributed by atoms with Gasteiger partial charge in [-0.1, -0.05) is 0 Å². The maximum atomic E-state index is 12.9. The van der Waals surface area contributed by atoms with E-state index < -0.39 is 10.0 Å². The summed E-state index contributed by atoms with van der Waals surface area (Å²) in [6.07, 6.45) is 0. The molecule has 0 aromatic carbocycles. The molecule has 0 spiro atoms. The topological polar surface area (TPSA) is 74.0 Å². The van der Waals surface area contributed by atoms with Gasteiger partial charge in [-0.25, -0.2) is 8.42 Å². The molecule has 1 aliphatic heterocycles. The Bertz CT molecular complexity index is 611. The van der Waals surface area contributed by atoms with Crippen LogP contribution in [-0.2, 0) is 16.6 Å². The van der Waals surface area contributed by atoms with Crippen LogP contribution in [0.15, 0.2) is 9.31 Å². The molecule has 0 radical (unpaired) electrons. The van der Waals surface area contributed by atoms with Crippen LogP contribution in [0.1, 0.15) is 30.9 Å². The first-order valence-electron chi connectivity index (χ1n) is 7.12. The molecule has 0 saturated carbocycles. The SMILES string of the molecule is Cc1oc(C)c(S(=O)(=O)N2CC(C)N(C)C(C)C2)c1CO. The highest BCUT2D eigenvalue weighted by atomic mass is 32.2. The van der Waals surface area contributed by atoms with Gasteiger partial charge in [-0.15, -0.1) is 0 Å². The number of sulfonamides is 1. The fourth-order valence-electron chi connectivity index (χ4n) is 2.91. The molecule has 1 saturated heterocycles. The summed E-state index contributed by atoms with van der Waals surface area (Å²) in [7, 11) is -1.65. The van der Waals surface area contributed by atoms with Gasteiger partial charge in [-0.2, -0.15) is 4.31 Å². The molecule has 2 heterocycles. The first-order chi connectivity index (χ1) is 9.70. The molecular formula is C14H24N2O4S. The van der Waals surface area contributed by atoms with Crippen LogP contribution < -0.4 is 0 Å². The fraction of sp³-hybridized carbons (Fsp3) is 0.714. The molecule has 0 amide bonds. The highest BCUT2D eigenvalue weighted by Gasteiger charge is 2.37. The second-order valence-corrected chi connectivity index (χ2v) is 7.74.